The third kappa shape index (κ3) is 5.89. The summed E-state index contributed by atoms with van der Waals surface area (Å²) < 4.78 is 16.8. The molecule has 1 aromatic carbocycles. The van der Waals surface area contributed by atoms with Crippen LogP contribution in [0.4, 0.5) is 0 Å². The standard InChI is InChI=1S/C19H28O5/c1-19(2,3)18(21)23-11-9-15(20)13-16-10-12-22-17(24-16)14-7-5-4-6-8-14/h4-8,15-17,20H,9-13H2,1-3H3/t15-,16+,17+/m0/s1. The van der Waals surface area contributed by atoms with E-state index in [-0.39, 0.29) is 25.0 Å². The second-order valence-corrected chi connectivity index (χ2v) is 7.22. The summed E-state index contributed by atoms with van der Waals surface area (Å²) in [4.78, 5) is 11.7. The second kappa shape index (κ2) is 8.60. The Morgan fingerprint density at radius 2 is 2.04 bits per heavy atom. The molecule has 1 aromatic rings. The zero-order valence-electron chi connectivity index (χ0n) is 14.7. The number of hydrogen-bond acceptors (Lipinski definition) is 5. The highest BCUT2D eigenvalue weighted by molar-refractivity contribution is 5.75. The van der Waals surface area contributed by atoms with Crippen LogP contribution in [0.25, 0.3) is 0 Å². The molecule has 1 N–H and O–H groups in total. The highest BCUT2D eigenvalue weighted by Gasteiger charge is 2.27. The van der Waals surface area contributed by atoms with Crippen LogP contribution in [0.1, 0.15) is 51.9 Å². The normalized spacial score (nSPS) is 22.8. The van der Waals surface area contributed by atoms with Gasteiger partial charge >= 0.3 is 5.97 Å². The van der Waals surface area contributed by atoms with E-state index >= 15 is 0 Å². The Bertz CT molecular complexity index is 508. The van der Waals surface area contributed by atoms with Gasteiger partial charge in [-0.3, -0.25) is 4.79 Å². The summed E-state index contributed by atoms with van der Waals surface area (Å²) >= 11 is 0. The van der Waals surface area contributed by atoms with Gasteiger partial charge in [-0.25, -0.2) is 0 Å². The number of aliphatic hydroxyl groups is 1. The van der Waals surface area contributed by atoms with Crippen LogP contribution in [0.15, 0.2) is 30.3 Å². The number of carbonyl (C=O) groups is 1. The highest BCUT2D eigenvalue weighted by atomic mass is 16.7. The fourth-order valence-corrected chi connectivity index (χ4v) is 2.47. The van der Waals surface area contributed by atoms with Gasteiger partial charge in [0.05, 0.1) is 30.8 Å². The minimum absolute atomic E-state index is 0.0581. The van der Waals surface area contributed by atoms with E-state index in [9.17, 15) is 9.90 Å². The molecule has 1 heterocycles. The number of aliphatic hydroxyl groups excluding tert-OH is 1. The van der Waals surface area contributed by atoms with E-state index in [2.05, 4.69) is 0 Å². The first kappa shape index (κ1) is 18.9. The van der Waals surface area contributed by atoms with E-state index in [4.69, 9.17) is 14.2 Å². The lowest BCUT2D eigenvalue weighted by molar-refractivity contribution is -0.222. The first-order valence-electron chi connectivity index (χ1n) is 8.53. The summed E-state index contributed by atoms with van der Waals surface area (Å²) in [5.41, 5.74) is 0.466. The Hall–Kier alpha value is -1.43. The van der Waals surface area contributed by atoms with Crippen LogP contribution in [0.5, 0.6) is 0 Å². The molecule has 0 saturated carbocycles. The summed E-state index contributed by atoms with van der Waals surface area (Å²) in [5.74, 6) is -0.249. The number of esters is 1. The van der Waals surface area contributed by atoms with Crippen molar-refractivity contribution in [1.29, 1.82) is 0 Å². The molecule has 0 bridgehead atoms. The predicted octanol–water partition coefficient (Wildman–Crippen LogP) is 3.22. The van der Waals surface area contributed by atoms with Crippen molar-refractivity contribution in [2.45, 2.75) is 58.5 Å². The van der Waals surface area contributed by atoms with Crippen molar-refractivity contribution >= 4 is 5.97 Å². The fourth-order valence-electron chi connectivity index (χ4n) is 2.47. The molecule has 0 aliphatic carbocycles. The van der Waals surface area contributed by atoms with Crippen molar-refractivity contribution in [2.24, 2.45) is 5.41 Å². The third-order valence-electron chi connectivity index (χ3n) is 3.93. The molecule has 5 nitrogen and oxygen atoms in total. The Morgan fingerprint density at radius 3 is 2.71 bits per heavy atom. The lowest BCUT2D eigenvalue weighted by atomic mass is 9.97. The number of ether oxygens (including phenoxy) is 3. The van der Waals surface area contributed by atoms with Gasteiger partial charge in [0, 0.05) is 12.0 Å². The minimum atomic E-state index is -0.558. The van der Waals surface area contributed by atoms with Crippen molar-refractivity contribution in [3.05, 3.63) is 35.9 Å². The van der Waals surface area contributed by atoms with E-state index < -0.39 is 11.5 Å². The van der Waals surface area contributed by atoms with Crippen molar-refractivity contribution in [2.75, 3.05) is 13.2 Å². The molecule has 24 heavy (non-hydrogen) atoms. The van der Waals surface area contributed by atoms with Crippen LogP contribution in [-0.4, -0.2) is 36.5 Å². The van der Waals surface area contributed by atoms with E-state index in [0.29, 0.717) is 19.4 Å². The first-order chi connectivity index (χ1) is 11.4. The van der Waals surface area contributed by atoms with Gasteiger partial charge in [-0.2, -0.15) is 0 Å². The van der Waals surface area contributed by atoms with Crippen LogP contribution in [0.3, 0.4) is 0 Å². The Labute approximate surface area is 143 Å². The van der Waals surface area contributed by atoms with Gasteiger partial charge < -0.3 is 19.3 Å². The number of rotatable bonds is 6. The molecule has 2 rings (SSSR count). The molecule has 1 aliphatic heterocycles. The molecule has 1 aliphatic rings. The molecule has 1 saturated heterocycles. The lowest BCUT2D eigenvalue weighted by Gasteiger charge is -2.31. The van der Waals surface area contributed by atoms with Gasteiger partial charge in [-0.15, -0.1) is 0 Å². The van der Waals surface area contributed by atoms with Gasteiger partial charge in [-0.1, -0.05) is 30.3 Å². The monoisotopic (exact) mass is 336 g/mol. The zero-order chi connectivity index (χ0) is 17.6. The molecule has 0 unspecified atom stereocenters. The number of benzene rings is 1. The molecule has 3 atom stereocenters. The predicted molar refractivity (Wildman–Crippen MR) is 90.3 cm³/mol. The Balaban J connectivity index is 1.73. The van der Waals surface area contributed by atoms with Crippen LogP contribution in [0.2, 0.25) is 0 Å². The van der Waals surface area contributed by atoms with Crippen molar-refractivity contribution in [1.82, 2.24) is 0 Å². The smallest absolute Gasteiger partial charge is 0.311 e. The molecule has 134 valence electrons. The fraction of sp³-hybridized carbons (Fsp3) is 0.632. The van der Waals surface area contributed by atoms with Gasteiger partial charge in [0.15, 0.2) is 6.29 Å². The van der Waals surface area contributed by atoms with Gasteiger partial charge in [0.2, 0.25) is 0 Å². The lowest BCUT2D eigenvalue weighted by Crippen LogP contribution is -2.31. The first-order valence-corrected chi connectivity index (χ1v) is 8.53. The summed E-state index contributed by atoms with van der Waals surface area (Å²) in [6.45, 7) is 6.26. The molecule has 5 heteroatoms. The van der Waals surface area contributed by atoms with E-state index in [1.54, 1.807) is 0 Å². The average Bonchev–Trinajstić information content (AvgIpc) is 2.55. The van der Waals surface area contributed by atoms with Gasteiger partial charge in [0.25, 0.3) is 0 Å². The molecule has 0 spiro atoms. The summed E-state index contributed by atoms with van der Waals surface area (Å²) in [7, 11) is 0. The minimum Gasteiger partial charge on any atom is -0.465 e. The quantitative estimate of drug-likeness (QED) is 0.808. The van der Waals surface area contributed by atoms with E-state index in [1.807, 2.05) is 51.1 Å². The zero-order valence-corrected chi connectivity index (χ0v) is 14.7. The van der Waals surface area contributed by atoms with E-state index in [1.165, 1.54) is 0 Å². The van der Waals surface area contributed by atoms with Gasteiger partial charge in [0.1, 0.15) is 0 Å². The van der Waals surface area contributed by atoms with Crippen molar-refractivity contribution in [3.8, 4) is 0 Å². The van der Waals surface area contributed by atoms with E-state index in [0.717, 1.165) is 12.0 Å². The maximum absolute atomic E-state index is 11.7. The van der Waals surface area contributed by atoms with Crippen LogP contribution >= 0.6 is 0 Å². The maximum atomic E-state index is 11.7. The molecule has 1 fully saturated rings. The largest absolute Gasteiger partial charge is 0.465 e. The SMILES string of the molecule is CC(C)(C)C(=O)OCC[C@H](O)C[C@H]1CCO[C@@H](c2ccccc2)O1. The Kier molecular flexibility index (Phi) is 6.78. The summed E-state index contributed by atoms with van der Waals surface area (Å²) in [6, 6.07) is 9.78. The third-order valence-corrected chi connectivity index (χ3v) is 3.93. The highest BCUT2D eigenvalue weighted by Crippen LogP contribution is 2.28. The molecule has 0 amide bonds. The topological polar surface area (TPSA) is 65.0 Å². The molecular formula is C19H28O5. The number of hydrogen-bond donors (Lipinski definition) is 1. The second-order valence-electron chi connectivity index (χ2n) is 7.22. The van der Waals surface area contributed by atoms with Crippen LogP contribution in [-0.2, 0) is 19.0 Å². The Morgan fingerprint density at radius 1 is 1.33 bits per heavy atom. The molecule has 0 aromatic heterocycles. The molecular weight excluding hydrogens is 308 g/mol. The van der Waals surface area contributed by atoms with Gasteiger partial charge in [-0.05, 0) is 33.6 Å². The van der Waals surface area contributed by atoms with Crippen molar-refractivity contribution in [3.63, 3.8) is 0 Å². The number of carbonyl (C=O) groups excluding carboxylic acids is 1. The van der Waals surface area contributed by atoms with Crippen molar-refractivity contribution < 1.29 is 24.1 Å². The van der Waals surface area contributed by atoms with Crippen LogP contribution in [0, 0.1) is 5.41 Å². The average molecular weight is 336 g/mol. The molecule has 0 radical (unpaired) electrons. The maximum Gasteiger partial charge on any atom is 0.311 e. The van der Waals surface area contributed by atoms with Crippen LogP contribution < -0.4 is 0 Å². The summed E-state index contributed by atoms with van der Waals surface area (Å²) in [5, 5.41) is 10.2. The summed E-state index contributed by atoms with van der Waals surface area (Å²) in [6.07, 6.45) is 0.686.